The van der Waals surface area contributed by atoms with Crippen LogP contribution in [0.1, 0.15) is 5.56 Å². The van der Waals surface area contributed by atoms with E-state index in [0.29, 0.717) is 0 Å². The minimum absolute atomic E-state index is 0.0793. The number of nitrogens with one attached hydrogen (secondary N) is 1. The number of hydrogen-bond acceptors (Lipinski definition) is 3. The van der Waals surface area contributed by atoms with Crippen LogP contribution in [-0.4, -0.2) is 25.3 Å². The van der Waals surface area contributed by atoms with Gasteiger partial charge in [-0.15, -0.1) is 0 Å². The molecule has 0 atom stereocenters. The first-order valence-electron chi connectivity index (χ1n) is 7.43. The first-order chi connectivity index (χ1) is 12.5. The van der Waals surface area contributed by atoms with Gasteiger partial charge in [-0.25, -0.2) is 0 Å². The van der Waals surface area contributed by atoms with Crippen molar-refractivity contribution in [2.75, 3.05) is 18.5 Å². The fourth-order valence-electron chi connectivity index (χ4n) is 1.93. The van der Waals surface area contributed by atoms with Crippen LogP contribution in [0.5, 0.6) is 11.5 Å². The molecule has 27 heavy (non-hydrogen) atoms. The molecule has 1 N–H and O–H groups in total. The summed E-state index contributed by atoms with van der Waals surface area (Å²) in [7, 11) is 0. The Bertz CT molecular complexity index is 771. The number of carbonyl (C=O) groups excluding carboxylic acids is 1. The maximum absolute atomic E-state index is 12.5. The second-order valence-corrected chi connectivity index (χ2v) is 5.26. The summed E-state index contributed by atoms with van der Waals surface area (Å²) in [6.45, 7) is -2.10. The first kappa shape index (κ1) is 20.4. The van der Waals surface area contributed by atoms with E-state index in [-0.39, 0.29) is 17.2 Å². The summed E-state index contributed by atoms with van der Waals surface area (Å²) < 4.78 is 83.9. The molecule has 0 saturated carbocycles. The Labute approximate surface area is 149 Å². The number of anilines is 1. The lowest BCUT2D eigenvalue weighted by molar-refractivity contribution is -0.153. The first-order valence-corrected chi connectivity index (χ1v) is 7.43. The number of hydrogen-bond donors (Lipinski definition) is 1. The number of benzene rings is 2. The summed E-state index contributed by atoms with van der Waals surface area (Å²) in [4.78, 5) is 11.8. The lowest BCUT2D eigenvalue weighted by Gasteiger charge is -2.14. The van der Waals surface area contributed by atoms with Crippen LogP contribution in [0.4, 0.5) is 32.0 Å². The monoisotopic (exact) mass is 393 g/mol. The molecule has 0 heterocycles. The van der Waals surface area contributed by atoms with Crippen molar-refractivity contribution in [2.24, 2.45) is 0 Å². The highest BCUT2D eigenvalue weighted by molar-refractivity contribution is 5.91. The quantitative estimate of drug-likeness (QED) is 0.726. The molecule has 146 valence electrons. The number of alkyl halides is 6. The second-order valence-electron chi connectivity index (χ2n) is 5.26. The Balaban J connectivity index is 1.92. The zero-order valence-corrected chi connectivity index (χ0v) is 13.5. The Hall–Kier alpha value is -2.91. The van der Waals surface area contributed by atoms with Crippen LogP contribution < -0.4 is 14.8 Å². The Kier molecular flexibility index (Phi) is 6.19. The predicted octanol–water partition coefficient (Wildman–Crippen LogP) is 4.66. The van der Waals surface area contributed by atoms with E-state index in [2.05, 4.69) is 10.1 Å². The molecular formula is C17H13F6NO3. The summed E-state index contributed by atoms with van der Waals surface area (Å²) in [6, 6.07) is 9.21. The van der Waals surface area contributed by atoms with Gasteiger partial charge in [0.15, 0.2) is 24.7 Å². The molecule has 2 aromatic rings. The second kappa shape index (κ2) is 8.19. The van der Waals surface area contributed by atoms with Crippen molar-refractivity contribution in [2.45, 2.75) is 12.4 Å². The van der Waals surface area contributed by atoms with Crippen LogP contribution in [0.25, 0.3) is 0 Å². The largest absolute Gasteiger partial charge is 0.480 e. The SMILES string of the molecule is O=C(COc1ccccc1OCC(F)(F)F)Nc1ccc(C(F)(F)F)cc1. The molecule has 2 rings (SSSR count). The van der Waals surface area contributed by atoms with Crippen molar-refractivity contribution in [1.29, 1.82) is 0 Å². The summed E-state index contributed by atoms with van der Waals surface area (Å²) in [5.74, 6) is -0.984. The molecule has 2 aromatic carbocycles. The van der Waals surface area contributed by atoms with Crippen molar-refractivity contribution >= 4 is 11.6 Å². The molecule has 0 aliphatic carbocycles. The fraction of sp³-hybridized carbons (Fsp3) is 0.235. The third-order valence-corrected chi connectivity index (χ3v) is 3.10. The van der Waals surface area contributed by atoms with Crippen molar-refractivity contribution in [3.05, 3.63) is 54.1 Å². The third-order valence-electron chi connectivity index (χ3n) is 3.10. The van der Waals surface area contributed by atoms with E-state index in [1.54, 1.807) is 0 Å². The van der Waals surface area contributed by atoms with E-state index in [9.17, 15) is 31.1 Å². The molecule has 0 bridgehead atoms. The minimum Gasteiger partial charge on any atom is -0.480 e. The van der Waals surface area contributed by atoms with E-state index in [0.717, 1.165) is 24.3 Å². The smallest absolute Gasteiger partial charge is 0.422 e. The van der Waals surface area contributed by atoms with E-state index in [4.69, 9.17) is 4.74 Å². The topological polar surface area (TPSA) is 47.6 Å². The summed E-state index contributed by atoms with van der Waals surface area (Å²) in [6.07, 6.45) is -9.03. The number of rotatable bonds is 6. The molecule has 1 amide bonds. The molecule has 0 aromatic heterocycles. The highest BCUT2D eigenvalue weighted by Crippen LogP contribution is 2.30. The van der Waals surface area contributed by atoms with Gasteiger partial charge in [0.2, 0.25) is 0 Å². The highest BCUT2D eigenvalue weighted by atomic mass is 19.4. The van der Waals surface area contributed by atoms with Gasteiger partial charge in [-0.05, 0) is 36.4 Å². The van der Waals surface area contributed by atoms with Gasteiger partial charge in [0.1, 0.15) is 0 Å². The normalized spacial score (nSPS) is 11.8. The third kappa shape index (κ3) is 6.72. The Morgan fingerprint density at radius 1 is 0.852 bits per heavy atom. The number of halogens is 6. The summed E-state index contributed by atoms with van der Waals surface area (Å²) in [5.41, 5.74) is -0.759. The molecular weight excluding hydrogens is 380 g/mol. The van der Waals surface area contributed by atoms with Gasteiger partial charge in [-0.3, -0.25) is 4.79 Å². The number of amides is 1. The molecule has 0 aliphatic rings. The molecule has 0 unspecified atom stereocenters. The van der Waals surface area contributed by atoms with Gasteiger partial charge in [0.05, 0.1) is 5.56 Å². The maximum atomic E-state index is 12.5. The summed E-state index contributed by atoms with van der Waals surface area (Å²) >= 11 is 0. The van der Waals surface area contributed by atoms with Crippen LogP contribution in [0.15, 0.2) is 48.5 Å². The van der Waals surface area contributed by atoms with Gasteiger partial charge in [-0.1, -0.05) is 12.1 Å². The van der Waals surface area contributed by atoms with E-state index in [1.165, 1.54) is 24.3 Å². The molecule has 10 heteroatoms. The lowest BCUT2D eigenvalue weighted by Crippen LogP contribution is -2.21. The Morgan fingerprint density at radius 3 is 1.93 bits per heavy atom. The molecule has 0 radical (unpaired) electrons. The van der Waals surface area contributed by atoms with Crippen molar-refractivity contribution in [1.82, 2.24) is 0 Å². The Morgan fingerprint density at radius 2 is 1.41 bits per heavy atom. The fourth-order valence-corrected chi connectivity index (χ4v) is 1.93. The van der Waals surface area contributed by atoms with Gasteiger partial charge in [0, 0.05) is 5.69 Å². The zero-order chi connectivity index (χ0) is 20.1. The lowest BCUT2D eigenvalue weighted by atomic mass is 10.2. The van der Waals surface area contributed by atoms with Crippen LogP contribution in [0.2, 0.25) is 0 Å². The maximum Gasteiger partial charge on any atom is 0.422 e. The van der Waals surface area contributed by atoms with Crippen LogP contribution in [-0.2, 0) is 11.0 Å². The van der Waals surface area contributed by atoms with Gasteiger partial charge in [0.25, 0.3) is 5.91 Å². The van der Waals surface area contributed by atoms with E-state index >= 15 is 0 Å². The molecule has 0 spiro atoms. The number of carbonyl (C=O) groups is 1. The van der Waals surface area contributed by atoms with Crippen LogP contribution >= 0.6 is 0 Å². The highest BCUT2D eigenvalue weighted by Gasteiger charge is 2.30. The molecule has 0 saturated heterocycles. The van der Waals surface area contributed by atoms with Gasteiger partial charge < -0.3 is 14.8 Å². The van der Waals surface area contributed by atoms with Gasteiger partial charge >= 0.3 is 12.4 Å². The molecule has 4 nitrogen and oxygen atoms in total. The number of para-hydroxylation sites is 2. The summed E-state index contributed by atoms with van der Waals surface area (Å²) in [5, 5.41) is 2.31. The van der Waals surface area contributed by atoms with Crippen molar-refractivity contribution in [3.8, 4) is 11.5 Å². The average Bonchev–Trinajstić information content (AvgIpc) is 2.58. The van der Waals surface area contributed by atoms with E-state index in [1.807, 2.05) is 0 Å². The average molecular weight is 393 g/mol. The standard InChI is InChI=1S/C17H13F6NO3/c18-16(19,20)10-27-14-4-2-1-3-13(14)26-9-15(25)24-12-7-5-11(6-8-12)17(21,22)23/h1-8H,9-10H2,(H,24,25). The van der Waals surface area contributed by atoms with Crippen molar-refractivity contribution in [3.63, 3.8) is 0 Å². The van der Waals surface area contributed by atoms with Crippen LogP contribution in [0, 0.1) is 0 Å². The van der Waals surface area contributed by atoms with E-state index < -0.39 is 37.0 Å². The molecule has 0 fully saturated rings. The molecule has 0 aliphatic heterocycles. The van der Waals surface area contributed by atoms with Crippen LogP contribution in [0.3, 0.4) is 0 Å². The predicted molar refractivity (Wildman–Crippen MR) is 83.6 cm³/mol. The van der Waals surface area contributed by atoms with Crippen molar-refractivity contribution < 1.29 is 40.6 Å². The minimum atomic E-state index is -4.53. The van der Waals surface area contributed by atoms with Gasteiger partial charge in [-0.2, -0.15) is 26.3 Å². The zero-order valence-electron chi connectivity index (χ0n) is 13.5. The number of ether oxygens (including phenoxy) is 2.